The molecule has 1 atom stereocenters. The number of nitrogens with zero attached hydrogens (tertiary/aromatic N) is 2. The van der Waals surface area contributed by atoms with Gasteiger partial charge in [0.2, 0.25) is 10.0 Å². The zero-order chi connectivity index (χ0) is 17.9. The van der Waals surface area contributed by atoms with Gasteiger partial charge in [-0.1, -0.05) is 23.7 Å². The SMILES string of the molecule is CN(CC(N)c1cccc(Cl)c1)S(=O)(=O)c1ccc([N+](=O)[O-])cc1.Cl. The van der Waals surface area contributed by atoms with Gasteiger partial charge in [0, 0.05) is 36.8 Å². The summed E-state index contributed by atoms with van der Waals surface area (Å²) in [7, 11) is -2.39. The van der Waals surface area contributed by atoms with Gasteiger partial charge in [-0.25, -0.2) is 8.42 Å². The number of non-ortho nitro benzene ring substituents is 1. The molecule has 0 aliphatic rings. The van der Waals surface area contributed by atoms with E-state index < -0.39 is 21.0 Å². The summed E-state index contributed by atoms with van der Waals surface area (Å²) in [6.45, 7) is 0.0413. The van der Waals surface area contributed by atoms with Crippen molar-refractivity contribution in [3.8, 4) is 0 Å². The lowest BCUT2D eigenvalue weighted by Crippen LogP contribution is -2.34. The third kappa shape index (κ3) is 5.13. The van der Waals surface area contributed by atoms with E-state index in [9.17, 15) is 18.5 Å². The van der Waals surface area contributed by atoms with Crippen LogP contribution in [-0.2, 0) is 10.0 Å². The number of benzene rings is 2. The van der Waals surface area contributed by atoms with Gasteiger partial charge < -0.3 is 5.73 Å². The fourth-order valence-electron chi connectivity index (χ4n) is 2.14. The molecule has 0 heterocycles. The van der Waals surface area contributed by atoms with E-state index in [1.165, 1.54) is 19.2 Å². The van der Waals surface area contributed by atoms with E-state index in [4.69, 9.17) is 17.3 Å². The number of nitro groups is 1. The van der Waals surface area contributed by atoms with Crippen molar-refractivity contribution in [3.05, 3.63) is 69.2 Å². The van der Waals surface area contributed by atoms with Crippen molar-refractivity contribution >= 4 is 39.7 Å². The Morgan fingerprint density at radius 1 is 1.24 bits per heavy atom. The molecule has 2 rings (SSSR count). The van der Waals surface area contributed by atoms with Gasteiger partial charge in [-0.15, -0.1) is 12.4 Å². The van der Waals surface area contributed by atoms with E-state index in [0.29, 0.717) is 10.6 Å². The highest BCUT2D eigenvalue weighted by Crippen LogP contribution is 2.22. The molecule has 0 fully saturated rings. The topological polar surface area (TPSA) is 107 Å². The molecule has 0 radical (unpaired) electrons. The van der Waals surface area contributed by atoms with Crippen LogP contribution in [0.25, 0.3) is 0 Å². The standard InChI is InChI=1S/C15H16ClN3O4S.ClH/c1-18(10-15(17)11-3-2-4-12(16)9-11)24(22,23)14-7-5-13(6-8-14)19(20)21;/h2-9,15H,10,17H2,1H3;1H. The van der Waals surface area contributed by atoms with Crippen molar-refractivity contribution in [3.63, 3.8) is 0 Å². The van der Waals surface area contributed by atoms with Gasteiger partial charge in [-0.3, -0.25) is 10.1 Å². The van der Waals surface area contributed by atoms with Crippen LogP contribution in [0.4, 0.5) is 5.69 Å². The van der Waals surface area contributed by atoms with E-state index >= 15 is 0 Å². The Morgan fingerprint density at radius 2 is 1.84 bits per heavy atom. The summed E-state index contributed by atoms with van der Waals surface area (Å²) in [6, 6.07) is 11.0. The number of halogens is 2. The highest BCUT2D eigenvalue weighted by molar-refractivity contribution is 7.89. The number of rotatable bonds is 6. The molecule has 0 aliphatic carbocycles. The molecule has 0 spiro atoms. The Hall–Kier alpha value is -1.71. The number of sulfonamides is 1. The monoisotopic (exact) mass is 405 g/mol. The third-order valence-corrected chi connectivity index (χ3v) is 5.56. The summed E-state index contributed by atoms with van der Waals surface area (Å²) in [5.74, 6) is 0. The number of hydrogen-bond acceptors (Lipinski definition) is 5. The van der Waals surface area contributed by atoms with Crippen LogP contribution in [0.1, 0.15) is 11.6 Å². The van der Waals surface area contributed by atoms with Gasteiger partial charge in [0.1, 0.15) is 0 Å². The first-order valence-electron chi connectivity index (χ1n) is 6.93. The van der Waals surface area contributed by atoms with Gasteiger partial charge in [-0.05, 0) is 29.8 Å². The highest BCUT2D eigenvalue weighted by atomic mass is 35.5. The maximum absolute atomic E-state index is 12.5. The molecule has 0 amide bonds. The average molecular weight is 406 g/mol. The van der Waals surface area contributed by atoms with Crippen molar-refractivity contribution in [1.82, 2.24) is 4.31 Å². The molecule has 0 saturated heterocycles. The lowest BCUT2D eigenvalue weighted by molar-refractivity contribution is -0.384. The lowest BCUT2D eigenvalue weighted by Gasteiger charge is -2.21. The van der Waals surface area contributed by atoms with Crippen LogP contribution in [0.15, 0.2) is 53.4 Å². The molecule has 7 nitrogen and oxygen atoms in total. The summed E-state index contributed by atoms with van der Waals surface area (Å²) < 4.78 is 26.2. The Labute approximate surface area is 157 Å². The van der Waals surface area contributed by atoms with Crippen LogP contribution in [0.5, 0.6) is 0 Å². The van der Waals surface area contributed by atoms with Gasteiger partial charge >= 0.3 is 0 Å². The molecule has 0 aliphatic heterocycles. The molecule has 136 valence electrons. The zero-order valence-electron chi connectivity index (χ0n) is 13.2. The van der Waals surface area contributed by atoms with E-state index in [1.807, 2.05) is 0 Å². The number of nitro benzene ring substituents is 1. The molecule has 10 heteroatoms. The maximum atomic E-state index is 12.5. The molecule has 2 aromatic rings. The second kappa shape index (κ2) is 8.59. The number of likely N-dealkylation sites (N-methyl/N-ethyl adjacent to an activating group) is 1. The van der Waals surface area contributed by atoms with Crippen LogP contribution in [-0.4, -0.2) is 31.2 Å². The first-order chi connectivity index (χ1) is 11.2. The first-order valence-corrected chi connectivity index (χ1v) is 8.75. The summed E-state index contributed by atoms with van der Waals surface area (Å²) in [5, 5.41) is 11.2. The first kappa shape index (κ1) is 21.3. The molecule has 0 aromatic heterocycles. The quantitative estimate of drug-likeness (QED) is 0.586. The van der Waals surface area contributed by atoms with E-state index in [-0.39, 0.29) is 29.5 Å². The number of nitrogens with two attached hydrogens (primary N) is 1. The molecule has 2 aromatic carbocycles. The minimum Gasteiger partial charge on any atom is -0.323 e. The maximum Gasteiger partial charge on any atom is 0.269 e. The smallest absolute Gasteiger partial charge is 0.269 e. The van der Waals surface area contributed by atoms with Crippen molar-refractivity contribution < 1.29 is 13.3 Å². The van der Waals surface area contributed by atoms with Crippen LogP contribution >= 0.6 is 24.0 Å². The molecule has 2 N–H and O–H groups in total. The van der Waals surface area contributed by atoms with Crippen molar-refractivity contribution in [2.45, 2.75) is 10.9 Å². The van der Waals surface area contributed by atoms with Crippen molar-refractivity contribution in [2.75, 3.05) is 13.6 Å². The molecule has 1 unspecified atom stereocenters. The molecule has 0 saturated carbocycles. The molecule has 0 bridgehead atoms. The van der Waals surface area contributed by atoms with E-state index in [0.717, 1.165) is 16.4 Å². The van der Waals surface area contributed by atoms with E-state index in [2.05, 4.69) is 0 Å². The summed E-state index contributed by atoms with van der Waals surface area (Å²) in [5.41, 5.74) is 6.59. The number of hydrogen-bond donors (Lipinski definition) is 1. The Morgan fingerprint density at radius 3 is 2.36 bits per heavy atom. The Kier molecular flexibility index (Phi) is 7.33. The minimum atomic E-state index is -3.80. The molecule has 25 heavy (non-hydrogen) atoms. The zero-order valence-corrected chi connectivity index (χ0v) is 15.6. The van der Waals surface area contributed by atoms with E-state index in [1.54, 1.807) is 24.3 Å². The summed E-state index contributed by atoms with van der Waals surface area (Å²) in [6.07, 6.45) is 0. The second-order valence-electron chi connectivity index (χ2n) is 5.20. The highest BCUT2D eigenvalue weighted by Gasteiger charge is 2.24. The van der Waals surface area contributed by atoms with Crippen molar-refractivity contribution in [2.24, 2.45) is 5.73 Å². The fourth-order valence-corrected chi connectivity index (χ4v) is 3.53. The van der Waals surface area contributed by atoms with Crippen LogP contribution < -0.4 is 5.73 Å². The van der Waals surface area contributed by atoms with Crippen molar-refractivity contribution in [1.29, 1.82) is 0 Å². The Bertz CT molecular complexity index is 844. The normalized spacial score (nSPS) is 12.5. The van der Waals surface area contributed by atoms with Gasteiger partial charge in [-0.2, -0.15) is 4.31 Å². The predicted octanol–water partition coefficient (Wildman–Crippen LogP) is 2.99. The van der Waals surface area contributed by atoms with Gasteiger partial charge in [0.15, 0.2) is 0 Å². The van der Waals surface area contributed by atoms with Crippen LogP contribution in [0.3, 0.4) is 0 Å². The summed E-state index contributed by atoms with van der Waals surface area (Å²) in [4.78, 5) is 10.0. The van der Waals surface area contributed by atoms with Crippen LogP contribution in [0.2, 0.25) is 5.02 Å². The summed E-state index contributed by atoms with van der Waals surface area (Å²) >= 11 is 5.91. The second-order valence-corrected chi connectivity index (χ2v) is 7.68. The van der Waals surface area contributed by atoms with Gasteiger partial charge in [0.25, 0.3) is 5.69 Å². The fraction of sp³-hybridized carbons (Fsp3) is 0.200. The lowest BCUT2D eigenvalue weighted by atomic mass is 10.1. The minimum absolute atomic E-state index is 0. The predicted molar refractivity (Wildman–Crippen MR) is 98.5 cm³/mol. The third-order valence-electron chi connectivity index (χ3n) is 3.49. The average Bonchev–Trinajstić information content (AvgIpc) is 2.54. The largest absolute Gasteiger partial charge is 0.323 e. The van der Waals surface area contributed by atoms with Crippen LogP contribution in [0, 0.1) is 10.1 Å². The molecular formula is C15H17Cl2N3O4S. The van der Waals surface area contributed by atoms with Gasteiger partial charge in [0.05, 0.1) is 9.82 Å². The molecular weight excluding hydrogens is 389 g/mol. The Balaban J connectivity index is 0.00000312.